The van der Waals surface area contributed by atoms with Crippen molar-refractivity contribution in [3.05, 3.63) is 47.5 Å². The minimum atomic E-state index is -0.446. The fourth-order valence-corrected chi connectivity index (χ4v) is 3.40. The SMILES string of the molecule is CC(C)(C)C(=O)Nc1ccc(-c2nc3ccccc3s2)c(Cl)c1. The molecule has 3 nitrogen and oxygen atoms in total. The first-order valence-corrected chi connectivity index (χ1v) is 8.51. The monoisotopic (exact) mass is 344 g/mol. The maximum atomic E-state index is 12.1. The van der Waals surface area contributed by atoms with Crippen LogP contribution in [0.25, 0.3) is 20.8 Å². The van der Waals surface area contributed by atoms with Gasteiger partial charge >= 0.3 is 0 Å². The molecule has 0 aliphatic carbocycles. The van der Waals surface area contributed by atoms with E-state index >= 15 is 0 Å². The van der Waals surface area contributed by atoms with E-state index in [-0.39, 0.29) is 5.91 Å². The first-order valence-electron chi connectivity index (χ1n) is 7.31. The zero-order valence-electron chi connectivity index (χ0n) is 13.2. The van der Waals surface area contributed by atoms with Crippen LogP contribution in [0.5, 0.6) is 0 Å². The van der Waals surface area contributed by atoms with Crippen LogP contribution < -0.4 is 5.32 Å². The second-order valence-corrected chi connectivity index (χ2v) is 7.82. The van der Waals surface area contributed by atoms with Crippen LogP contribution in [0.4, 0.5) is 5.69 Å². The lowest BCUT2D eigenvalue weighted by molar-refractivity contribution is -0.123. The van der Waals surface area contributed by atoms with Gasteiger partial charge in [-0.15, -0.1) is 11.3 Å². The second kappa shape index (κ2) is 5.95. The van der Waals surface area contributed by atoms with Gasteiger partial charge in [0.25, 0.3) is 0 Å². The number of rotatable bonds is 2. The molecule has 0 aliphatic heterocycles. The third-order valence-electron chi connectivity index (χ3n) is 3.43. The number of amides is 1. The van der Waals surface area contributed by atoms with Crippen molar-refractivity contribution in [2.45, 2.75) is 20.8 Å². The van der Waals surface area contributed by atoms with E-state index in [1.807, 2.05) is 57.2 Å². The number of para-hydroxylation sites is 1. The van der Waals surface area contributed by atoms with Gasteiger partial charge in [-0.3, -0.25) is 4.79 Å². The Labute approximate surface area is 144 Å². The molecule has 2 aromatic carbocycles. The molecule has 118 valence electrons. The van der Waals surface area contributed by atoms with Gasteiger partial charge in [0.05, 0.1) is 15.2 Å². The molecule has 1 N–H and O–H groups in total. The van der Waals surface area contributed by atoms with E-state index in [1.165, 1.54) is 0 Å². The summed E-state index contributed by atoms with van der Waals surface area (Å²) in [5, 5.41) is 4.35. The van der Waals surface area contributed by atoms with E-state index in [0.717, 1.165) is 20.8 Å². The highest BCUT2D eigenvalue weighted by Gasteiger charge is 2.21. The Morgan fingerprint density at radius 2 is 1.91 bits per heavy atom. The van der Waals surface area contributed by atoms with Crippen LogP contribution in [-0.2, 0) is 4.79 Å². The summed E-state index contributed by atoms with van der Waals surface area (Å²) in [5.74, 6) is -0.0405. The van der Waals surface area contributed by atoms with Crippen molar-refractivity contribution in [3.8, 4) is 10.6 Å². The lowest BCUT2D eigenvalue weighted by atomic mass is 9.95. The minimum absolute atomic E-state index is 0.0405. The molecular weight excluding hydrogens is 328 g/mol. The Morgan fingerprint density at radius 3 is 2.57 bits per heavy atom. The van der Waals surface area contributed by atoms with Crippen LogP contribution in [0.15, 0.2) is 42.5 Å². The number of hydrogen-bond acceptors (Lipinski definition) is 3. The summed E-state index contributed by atoms with van der Waals surface area (Å²) in [6, 6.07) is 13.5. The number of nitrogens with zero attached hydrogens (tertiary/aromatic N) is 1. The normalized spacial score (nSPS) is 11.7. The Kier molecular flexibility index (Phi) is 4.13. The number of fused-ring (bicyclic) bond motifs is 1. The molecule has 0 bridgehead atoms. The number of carbonyl (C=O) groups excluding carboxylic acids is 1. The zero-order chi connectivity index (χ0) is 16.6. The second-order valence-electron chi connectivity index (χ2n) is 6.39. The maximum absolute atomic E-state index is 12.1. The van der Waals surface area contributed by atoms with Crippen molar-refractivity contribution in [1.82, 2.24) is 4.98 Å². The summed E-state index contributed by atoms with van der Waals surface area (Å²) in [5.41, 5.74) is 2.09. The molecule has 1 heterocycles. The minimum Gasteiger partial charge on any atom is -0.326 e. The highest BCUT2D eigenvalue weighted by Crippen LogP contribution is 2.35. The molecule has 0 saturated heterocycles. The predicted octanol–water partition coefficient (Wildman–Crippen LogP) is 5.60. The lowest BCUT2D eigenvalue weighted by Crippen LogP contribution is -2.27. The molecule has 5 heteroatoms. The number of carbonyl (C=O) groups is 1. The van der Waals surface area contributed by atoms with Crippen molar-refractivity contribution in [2.24, 2.45) is 5.41 Å². The molecular formula is C18H17ClN2OS. The third kappa shape index (κ3) is 3.38. The quantitative estimate of drug-likeness (QED) is 0.657. The molecule has 0 saturated carbocycles. The van der Waals surface area contributed by atoms with Gasteiger partial charge in [-0.1, -0.05) is 44.5 Å². The maximum Gasteiger partial charge on any atom is 0.229 e. The van der Waals surface area contributed by atoms with Gasteiger partial charge < -0.3 is 5.32 Å². The van der Waals surface area contributed by atoms with Gasteiger partial charge in [0, 0.05) is 16.7 Å². The standard InChI is InChI=1S/C18H17ClN2OS/c1-18(2,3)17(22)20-11-8-9-12(13(19)10-11)16-21-14-6-4-5-7-15(14)23-16/h4-10H,1-3H3,(H,20,22). The van der Waals surface area contributed by atoms with Crippen LogP contribution in [0, 0.1) is 5.41 Å². The van der Waals surface area contributed by atoms with Crippen LogP contribution in [-0.4, -0.2) is 10.9 Å². The van der Waals surface area contributed by atoms with Crippen molar-refractivity contribution in [2.75, 3.05) is 5.32 Å². The highest BCUT2D eigenvalue weighted by molar-refractivity contribution is 7.21. The Bertz CT molecular complexity index is 847. The highest BCUT2D eigenvalue weighted by atomic mass is 35.5. The van der Waals surface area contributed by atoms with Gasteiger partial charge in [0.15, 0.2) is 0 Å². The first-order chi connectivity index (χ1) is 10.8. The first kappa shape index (κ1) is 16.0. The molecule has 1 amide bonds. The summed E-state index contributed by atoms with van der Waals surface area (Å²) < 4.78 is 1.13. The van der Waals surface area contributed by atoms with E-state index in [1.54, 1.807) is 17.4 Å². The van der Waals surface area contributed by atoms with Crippen LogP contribution >= 0.6 is 22.9 Å². The van der Waals surface area contributed by atoms with Crippen molar-refractivity contribution >= 4 is 44.7 Å². The summed E-state index contributed by atoms with van der Waals surface area (Å²) in [6.07, 6.45) is 0. The van der Waals surface area contributed by atoms with Crippen molar-refractivity contribution < 1.29 is 4.79 Å². The molecule has 1 aromatic heterocycles. The Balaban J connectivity index is 1.91. The fraction of sp³-hybridized carbons (Fsp3) is 0.222. The van der Waals surface area contributed by atoms with Gasteiger partial charge in [-0.2, -0.15) is 0 Å². The van der Waals surface area contributed by atoms with Gasteiger partial charge in [-0.25, -0.2) is 4.98 Å². The molecule has 3 rings (SSSR count). The predicted molar refractivity (Wildman–Crippen MR) is 98.2 cm³/mol. The number of anilines is 1. The smallest absolute Gasteiger partial charge is 0.229 e. The average Bonchev–Trinajstić information content (AvgIpc) is 2.89. The third-order valence-corrected chi connectivity index (χ3v) is 4.81. The van der Waals surface area contributed by atoms with E-state index in [9.17, 15) is 4.79 Å². The summed E-state index contributed by atoms with van der Waals surface area (Å²) in [6.45, 7) is 5.62. The van der Waals surface area contributed by atoms with Gasteiger partial charge in [0.1, 0.15) is 5.01 Å². The number of aromatic nitrogens is 1. The van der Waals surface area contributed by atoms with Crippen molar-refractivity contribution in [1.29, 1.82) is 0 Å². The van der Waals surface area contributed by atoms with Crippen LogP contribution in [0.2, 0.25) is 5.02 Å². The van der Waals surface area contributed by atoms with E-state index in [2.05, 4.69) is 10.3 Å². The summed E-state index contributed by atoms with van der Waals surface area (Å²) in [7, 11) is 0. The molecule has 0 fully saturated rings. The number of halogens is 1. The van der Waals surface area contributed by atoms with E-state index < -0.39 is 5.41 Å². The van der Waals surface area contributed by atoms with Gasteiger partial charge in [0.2, 0.25) is 5.91 Å². The number of benzene rings is 2. The Hall–Kier alpha value is -1.91. The molecule has 0 radical (unpaired) electrons. The topological polar surface area (TPSA) is 42.0 Å². The zero-order valence-corrected chi connectivity index (χ0v) is 14.8. The average molecular weight is 345 g/mol. The Morgan fingerprint density at radius 1 is 1.17 bits per heavy atom. The van der Waals surface area contributed by atoms with E-state index in [0.29, 0.717) is 10.7 Å². The molecule has 0 unspecified atom stereocenters. The molecule has 0 spiro atoms. The van der Waals surface area contributed by atoms with Gasteiger partial charge in [-0.05, 0) is 30.3 Å². The van der Waals surface area contributed by atoms with E-state index in [4.69, 9.17) is 11.6 Å². The summed E-state index contributed by atoms with van der Waals surface area (Å²) in [4.78, 5) is 16.7. The summed E-state index contributed by atoms with van der Waals surface area (Å²) >= 11 is 8.01. The molecule has 23 heavy (non-hydrogen) atoms. The largest absolute Gasteiger partial charge is 0.326 e. The molecule has 0 aliphatic rings. The number of hydrogen-bond donors (Lipinski definition) is 1. The van der Waals surface area contributed by atoms with Crippen LogP contribution in [0.1, 0.15) is 20.8 Å². The van der Waals surface area contributed by atoms with Crippen LogP contribution in [0.3, 0.4) is 0 Å². The molecule has 0 atom stereocenters. The lowest BCUT2D eigenvalue weighted by Gasteiger charge is -2.18. The number of thiazole rings is 1. The van der Waals surface area contributed by atoms with Crippen molar-refractivity contribution in [3.63, 3.8) is 0 Å². The number of nitrogens with one attached hydrogen (secondary N) is 1. The fourth-order valence-electron chi connectivity index (χ4n) is 2.07. The molecule has 3 aromatic rings.